The van der Waals surface area contributed by atoms with Gasteiger partial charge in [0.05, 0.1) is 6.07 Å². The zero-order chi connectivity index (χ0) is 26.4. The fourth-order valence-electron chi connectivity index (χ4n) is 6.45. The second-order valence-electron chi connectivity index (χ2n) is 12.4. The van der Waals surface area contributed by atoms with Crippen molar-refractivity contribution >= 4 is 23.8 Å². The number of alkyl carbamates (subject to hydrolysis) is 1. The molecule has 0 aromatic carbocycles. The molecule has 4 fully saturated rings. The molecule has 198 valence electrons. The van der Waals surface area contributed by atoms with Gasteiger partial charge in [-0.05, 0) is 63.2 Å². The van der Waals surface area contributed by atoms with E-state index in [9.17, 15) is 24.4 Å². The number of hydrogen-bond donors (Lipinski definition) is 3. The molecule has 0 aromatic rings. The van der Waals surface area contributed by atoms with Crippen LogP contribution < -0.4 is 16.0 Å². The van der Waals surface area contributed by atoms with Crippen LogP contribution in [-0.4, -0.2) is 65.5 Å². The Morgan fingerprint density at radius 1 is 1.17 bits per heavy atom. The molecule has 1 saturated carbocycles. The van der Waals surface area contributed by atoms with E-state index in [4.69, 9.17) is 4.74 Å². The highest BCUT2D eigenvalue weighted by atomic mass is 16.6. The van der Waals surface area contributed by atoms with Gasteiger partial charge in [-0.1, -0.05) is 26.7 Å². The highest BCUT2D eigenvalue weighted by Crippen LogP contribution is 2.65. The van der Waals surface area contributed by atoms with E-state index < -0.39 is 29.8 Å². The van der Waals surface area contributed by atoms with Gasteiger partial charge in [0.2, 0.25) is 17.7 Å². The first-order valence-electron chi connectivity index (χ1n) is 13.1. The van der Waals surface area contributed by atoms with Crippen molar-refractivity contribution in [3.63, 3.8) is 0 Å². The summed E-state index contributed by atoms with van der Waals surface area (Å²) in [6.07, 6.45) is 2.23. The Bertz CT molecular complexity index is 967. The van der Waals surface area contributed by atoms with Gasteiger partial charge in [0.15, 0.2) is 0 Å². The Morgan fingerprint density at radius 2 is 1.86 bits per heavy atom. The van der Waals surface area contributed by atoms with Crippen LogP contribution in [0.3, 0.4) is 0 Å². The van der Waals surface area contributed by atoms with Crippen LogP contribution in [0, 0.1) is 40.4 Å². The Morgan fingerprint density at radius 3 is 2.53 bits per heavy atom. The van der Waals surface area contributed by atoms with Crippen molar-refractivity contribution < 1.29 is 23.9 Å². The van der Waals surface area contributed by atoms with Gasteiger partial charge < -0.3 is 25.6 Å². The first-order valence-corrected chi connectivity index (χ1v) is 13.1. The third-order valence-corrected chi connectivity index (χ3v) is 8.47. The summed E-state index contributed by atoms with van der Waals surface area (Å²) < 4.78 is 5.41. The minimum atomic E-state index is -0.815. The quantitative estimate of drug-likeness (QED) is 0.499. The number of carbonyl (C=O) groups excluding carboxylic acids is 4. The van der Waals surface area contributed by atoms with Gasteiger partial charge in [-0.2, -0.15) is 5.26 Å². The lowest BCUT2D eigenvalue weighted by atomic mass is 9.85. The summed E-state index contributed by atoms with van der Waals surface area (Å²) in [4.78, 5) is 54.0. The smallest absolute Gasteiger partial charge is 0.408 e. The summed E-state index contributed by atoms with van der Waals surface area (Å²) in [5.41, 5.74) is -0.795. The molecular weight excluding hydrogens is 462 g/mol. The van der Waals surface area contributed by atoms with Gasteiger partial charge in [-0.3, -0.25) is 14.4 Å². The molecule has 36 heavy (non-hydrogen) atoms. The lowest BCUT2D eigenvalue weighted by Crippen LogP contribution is -2.57. The molecule has 3 N–H and O–H groups in total. The van der Waals surface area contributed by atoms with Gasteiger partial charge >= 0.3 is 6.09 Å². The average molecular weight is 502 g/mol. The van der Waals surface area contributed by atoms with Crippen molar-refractivity contribution in [3.8, 4) is 6.07 Å². The van der Waals surface area contributed by atoms with E-state index >= 15 is 0 Å². The number of hydrogen-bond acceptors (Lipinski definition) is 6. The Labute approximate surface area is 212 Å². The van der Waals surface area contributed by atoms with Crippen LogP contribution in [0.25, 0.3) is 0 Å². The molecule has 4 amide bonds. The van der Waals surface area contributed by atoms with Gasteiger partial charge in [0.1, 0.15) is 23.7 Å². The van der Waals surface area contributed by atoms with Crippen LogP contribution in [0.5, 0.6) is 0 Å². The largest absolute Gasteiger partial charge is 0.444 e. The highest BCUT2D eigenvalue weighted by Gasteiger charge is 2.69. The predicted octanol–water partition coefficient (Wildman–Crippen LogP) is 1.70. The average Bonchev–Trinajstić information content (AvgIpc) is 3.11. The number of nitrogens with zero attached hydrogens (tertiary/aromatic N) is 2. The van der Waals surface area contributed by atoms with E-state index in [0.717, 1.165) is 12.8 Å². The SMILES string of the molecule is CC(C)(C)OC(=O)N[C@H]1CCCC[C@H]2CNC(=O)[C@H]2C[C@@H](C#N)NC(=O)[C@@H]2[C@@H]3[C@H](CN2C1=O)C3(C)C. The van der Waals surface area contributed by atoms with E-state index in [1.807, 2.05) is 0 Å². The highest BCUT2D eigenvalue weighted by molar-refractivity contribution is 5.93. The molecule has 7 atom stereocenters. The number of amides is 4. The summed E-state index contributed by atoms with van der Waals surface area (Å²) in [6.45, 7) is 10.4. The van der Waals surface area contributed by atoms with Crippen molar-refractivity contribution in [1.82, 2.24) is 20.9 Å². The maximum atomic E-state index is 13.8. The molecule has 0 aromatic heterocycles. The maximum Gasteiger partial charge on any atom is 0.408 e. The van der Waals surface area contributed by atoms with Crippen LogP contribution in [0.15, 0.2) is 0 Å². The first kappa shape index (κ1) is 26.2. The van der Waals surface area contributed by atoms with Gasteiger partial charge in [0, 0.05) is 19.0 Å². The van der Waals surface area contributed by atoms with Crippen molar-refractivity contribution in [3.05, 3.63) is 0 Å². The lowest BCUT2D eigenvalue weighted by Gasteiger charge is -2.34. The zero-order valence-corrected chi connectivity index (χ0v) is 21.9. The number of rotatable bonds is 1. The minimum absolute atomic E-state index is 0.0154. The summed E-state index contributed by atoms with van der Waals surface area (Å²) in [7, 11) is 0. The van der Waals surface area contributed by atoms with Crippen molar-refractivity contribution in [2.24, 2.45) is 29.1 Å². The fraction of sp³-hybridized carbons (Fsp3) is 0.808. The molecule has 1 aliphatic carbocycles. The first-order chi connectivity index (χ1) is 16.8. The number of nitrogens with one attached hydrogen (secondary N) is 3. The minimum Gasteiger partial charge on any atom is -0.444 e. The summed E-state index contributed by atoms with van der Waals surface area (Å²) >= 11 is 0. The number of ether oxygens (including phenoxy) is 1. The summed E-state index contributed by atoms with van der Waals surface area (Å²) in [5, 5.41) is 18.3. The number of fused-ring (bicyclic) bond motifs is 4. The van der Waals surface area contributed by atoms with E-state index in [-0.39, 0.29) is 53.2 Å². The maximum absolute atomic E-state index is 13.8. The van der Waals surface area contributed by atoms with Crippen LogP contribution in [0.2, 0.25) is 0 Å². The molecule has 0 radical (unpaired) electrons. The lowest BCUT2D eigenvalue weighted by molar-refractivity contribution is -0.142. The molecular formula is C26H39N5O5. The standard InChI is InChI=1S/C26H39N5O5/c1-25(2,3)36-24(35)30-18-9-7-6-8-14-12-28-21(32)16(14)10-15(11-27)29-22(33)20-19-17(26(19,4)5)13-31(20)23(18)34/h14-20H,6-10,12-13H2,1-5H3,(H,28,32)(H,29,33)(H,30,35)/t14-,15-,16-,17-,18-,19-,20-/m0/s1. The van der Waals surface area contributed by atoms with E-state index in [0.29, 0.717) is 25.9 Å². The molecule has 0 bridgehead atoms. The molecule has 0 unspecified atom stereocenters. The van der Waals surface area contributed by atoms with Gasteiger partial charge in [-0.25, -0.2) is 4.79 Å². The predicted molar refractivity (Wildman–Crippen MR) is 130 cm³/mol. The van der Waals surface area contributed by atoms with Crippen molar-refractivity contribution in [2.75, 3.05) is 13.1 Å². The molecule has 4 aliphatic rings. The zero-order valence-electron chi connectivity index (χ0n) is 21.9. The topological polar surface area (TPSA) is 141 Å². The third kappa shape index (κ3) is 5.16. The Hall–Kier alpha value is -2.83. The molecule has 0 spiro atoms. The van der Waals surface area contributed by atoms with Crippen molar-refractivity contribution in [2.45, 2.75) is 90.4 Å². The van der Waals surface area contributed by atoms with Gasteiger partial charge in [-0.15, -0.1) is 0 Å². The Balaban J connectivity index is 1.60. The Kier molecular flexibility index (Phi) is 6.97. The van der Waals surface area contributed by atoms with Gasteiger partial charge in [0.25, 0.3) is 0 Å². The molecule has 10 heteroatoms. The molecule has 3 saturated heterocycles. The van der Waals surface area contributed by atoms with E-state index in [1.54, 1.807) is 25.7 Å². The van der Waals surface area contributed by atoms with E-state index in [1.165, 1.54) is 0 Å². The van der Waals surface area contributed by atoms with Crippen LogP contribution in [-0.2, 0) is 19.1 Å². The van der Waals surface area contributed by atoms with Crippen LogP contribution >= 0.6 is 0 Å². The number of carbonyl (C=O) groups is 4. The third-order valence-electron chi connectivity index (χ3n) is 8.47. The molecule has 3 aliphatic heterocycles. The fourth-order valence-corrected chi connectivity index (χ4v) is 6.45. The summed E-state index contributed by atoms with van der Waals surface area (Å²) in [5.74, 6) is -0.830. The number of piperidine rings is 1. The molecule has 3 heterocycles. The monoisotopic (exact) mass is 501 g/mol. The summed E-state index contributed by atoms with van der Waals surface area (Å²) in [6, 6.07) is -0.190. The number of nitriles is 1. The van der Waals surface area contributed by atoms with Crippen LogP contribution in [0.4, 0.5) is 4.79 Å². The second-order valence-corrected chi connectivity index (χ2v) is 12.4. The molecule has 10 nitrogen and oxygen atoms in total. The van der Waals surface area contributed by atoms with E-state index in [2.05, 4.69) is 35.9 Å². The second kappa shape index (κ2) is 9.56. The molecule has 4 rings (SSSR count). The normalized spacial score (nSPS) is 36.3. The van der Waals surface area contributed by atoms with Crippen LogP contribution in [0.1, 0.15) is 66.7 Å². The van der Waals surface area contributed by atoms with Crippen molar-refractivity contribution in [1.29, 1.82) is 5.26 Å².